The Morgan fingerprint density at radius 2 is 1.63 bits per heavy atom. The second-order valence-corrected chi connectivity index (χ2v) is 5.29. The Kier molecular flexibility index (Phi) is 4.32. The number of benzene rings is 2. The van der Waals surface area contributed by atoms with Crippen LogP contribution in [0.15, 0.2) is 40.9 Å². The summed E-state index contributed by atoms with van der Waals surface area (Å²) in [6.45, 7) is 1.99. The molecule has 2 rings (SSSR count). The Bertz CT molecular complexity index is 578. The molecule has 0 amide bonds. The predicted octanol–water partition coefficient (Wildman–Crippen LogP) is 4.34. The molecule has 0 spiro atoms. The zero-order valence-corrected chi connectivity index (χ0v) is 12.3. The van der Waals surface area contributed by atoms with Crippen LogP contribution in [0.25, 0.3) is 0 Å². The van der Waals surface area contributed by atoms with E-state index >= 15 is 0 Å². The van der Waals surface area contributed by atoms with Gasteiger partial charge in [-0.2, -0.15) is 0 Å². The molecule has 0 aromatic heterocycles. The fourth-order valence-corrected chi connectivity index (χ4v) is 2.45. The lowest BCUT2D eigenvalue weighted by Gasteiger charge is -2.18. The van der Waals surface area contributed by atoms with E-state index in [0.29, 0.717) is 5.56 Å². The van der Waals surface area contributed by atoms with Crippen molar-refractivity contribution in [2.75, 3.05) is 7.05 Å². The van der Waals surface area contributed by atoms with Gasteiger partial charge < -0.3 is 5.32 Å². The maximum atomic E-state index is 13.3. The summed E-state index contributed by atoms with van der Waals surface area (Å²) in [6.07, 6.45) is 0. The molecule has 100 valence electrons. The molecule has 0 fully saturated rings. The van der Waals surface area contributed by atoms with Gasteiger partial charge in [0.1, 0.15) is 11.6 Å². The van der Waals surface area contributed by atoms with Gasteiger partial charge in [0.2, 0.25) is 0 Å². The Labute approximate surface area is 119 Å². The van der Waals surface area contributed by atoms with Gasteiger partial charge in [-0.3, -0.25) is 0 Å². The fourth-order valence-electron chi connectivity index (χ4n) is 2.06. The van der Waals surface area contributed by atoms with E-state index in [1.54, 1.807) is 7.05 Å². The lowest BCUT2D eigenvalue weighted by molar-refractivity contribution is 0.571. The van der Waals surface area contributed by atoms with Gasteiger partial charge in [-0.05, 0) is 48.9 Å². The molecule has 19 heavy (non-hydrogen) atoms. The van der Waals surface area contributed by atoms with Crippen molar-refractivity contribution in [1.29, 1.82) is 0 Å². The molecule has 1 atom stereocenters. The highest BCUT2D eigenvalue weighted by Crippen LogP contribution is 2.27. The second-order valence-electron chi connectivity index (χ2n) is 4.43. The van der Waals surface area contributed by atoms with E-state index in [9.17, 15) is 8.78 Å². The summed E-state index contributed by atoms with van der Waals surface area (Å²) in [5, 5.41) is 3.08. The average Bonchev–Trinajstić information content (AvgIpc) is 2.33. The molecule has 0 saturated carbocycles. The highest BCUT2D eigenvalue weighted by molar-refractivity contribution is 9.10. The number of hydrogen-bond donors (Lipinski definition) is 1. The van der Waals surface area contributed by atoms with Gasteiger partial charge in [0.05, 0.1) is 6.04 Å². The number of aryl methyl sites for hydroxylation is 1. The van der Waals surface area contributed by atoms with E-state index in [2.05, 4.69) is 21.2 Å². The van der Waals surface area contributed by atoms with Crippen LogP contribution in [0.1, 0.15) is 22.7 Å². The summed E-state index contributed by atoms with van der Waals surface area (Å²) in [4.78, 5) is 0. The molecular weight excluding hydrogens is 312 g/mol. The molecule has 0 aliphatic carbocycles. The van der Waals surface area contributed by atoms with Gasteiger partial charge in [0.15, 0.2) is 0 Å². The highest BCUT2D eigenvalue weighted by Gasteiger charge is 2.14. The van der Waals surface area contributed by atoms with E-state index < -0.39 is 11.6 Å². The third-order valence-corrected chi connectivity index (χ3v) is 3.89. The van der Waals surface area contributed by atoms with Crippen molar-refractivity contribution in [3.8, 4) is 0 Å². The van der Waals surface area contributed by atoms with Crippen LogP contribution in [0.5, 0.6) is 0 Å². The van der Waals surface area contributed by atoms with Gasteiger partial charge in [-0.15, -0.1) is 0 Å². The SMILES string of the molecule is CNC(c1cc(F)cc(F)c1)c1ccc(C)c(Br)c1. The second kappa shape index (κ2) is 5.80. The molecule has 1 unspecified atom stereocenters. The number of rotatable bonds is 3. The van der Waals surface area contributed by atoms with Crippen molar-refractivity contribution >= 4 is 15.9 Å². The van der Waals surface area contributed by atoms with Crippen LogP contribution < -0.4 is 5.32 Å². The molecule has 2 aromatic carbocycles. The molecular formula is C15H14BrF2N. The van der Waals surface area contributed by atoms with Crippen molar-refractivity contribution in [3.63, 3.8) is 0 Å². The lowest BCUT2D eigenvalue weighted by Crippen LogP contribution is -2.18. The first-order chi connectivity index (χ1) is 9.01. The zero-order valence-electron chi connectivity index (χ0n) is 10.7. The van der Waals surface area contributed by atoms with Gasteiger partial charge in [0, 0.05) is 10.5 Å². The fraction of sp³-hybridized carbons (Fsp3) is 0.200. The predicted molar refractivity (Wildman–Crippen MR) is 76.1 cm³/mol. The minimum Gasteiger partial charge on any atom is -0.309 e. The number of hydrogen-bond acceptors (Lipinski definition) is 1. The van der Waals surface area contributed by atoms with Crippen LogP contribution in [0.3, 0.4) is 0 Å². The van der Waals surface area contributed by atoms with Gasteiger partial charge in [0.25, 0.3) is 0 Å². The van der Waals surface area contributed by atoms with Crippen LogP contribution in [0, 0.1) is 18.6 Å². The summed E-state index contributed by atoms with van der Waals surface area (Å²) < 4.78 is 27.6. The van der Waals surface area contributed by atoms with Crippen LogP contribution in [0.2, 0.25) is 0 Å². The van der Waals surface area contributed by atoms with E-state index in [4.69, 9.17) is 0 Å². The monoisotopic (exact) mass is 325 g/mol. The summed E-state index contributed by atoms with van der Waals surface area (Å²) >= 11 is 3.47. The van der Waals surface area contributed by atoms with Crippen molar-refractivity contribution in [2.24, 2.45) is 0 Å². The molecule has 0 saturated heterocycles. The molecule has 2 aromatic rings. The van der Waals surface area contributed by atoms with E-state index in [1.165, 1.54) is 12.1 Å². The molecule has 0 aliphatic heterocycles. The standard InChI is InChI=1S/C15H14BrF2N/c1-9-3-4-10(7-14(9)16)15(19-2)11-5-12(17)8-13(18)6-11/h3-8,15,19H,1-2H3. The Balaban J connectivity index is 2.46. The molecule has 1 N–H and O–H groups in total. The van der Waals surface area contributed by atoms with Crippen LogP contribution in [-0.2, 0) is 0 Å². The van der Waals surface area contributed by atoms with Gasteiger partial charge in [-0.1, -0.05) is 28.1 Å². The summed E-state index contributed by atoms with van der Waals surface area (Å²) in [6, 6.07) is 9.20. The Hall–Kier alpha value is -1.26. The average molecular weight is 326 g/mol. The molecule has 4 heteroatoms. The Morgan fingerprint density at radius 1 is 1.00 bits per heavy atom. The molecule has 0 heterocycles. The third kappa shape index (κ3) is 3.19. The maximum Gasteiger partial charge on any atom is 0.126 e. The van der Waals surface area contributed by atoms with Crippen LogP contribution >= 0.6 is 15.9 Å². The first kappa shape index (κ1) is 14.2. The minimum absolute atomic E-state index is 0.248. The third-order valence-electron chi connectivity index (χ3n) is 3.04. The number of nitrogens with one attached hydrogen (secondary N) is 1. The molecule has 0 bridgehead atoms. The lowest BCUT2D eigenvalue weighted by atomic mass is 9.98. The van der Waals surface area contributed by atoms with Crippen molar-refractivity contribution < 1.29 is 8.78 Å². The quantitative estimate of drug-likeness (QED) is 0.884. The normalized spacial score (nSPS) is 12.5. The zero-order chi connectivity index (χ0) is 14.0. The van der Waals surface area contributed by atoms with Gasteiger partial charge >= 0.3 is 0 Å². The topological polar surface area (TPSA) is 12.0 Å². The summed E-state index contributed by atoms with van der Waals surface area (Å²) in [5.41, 5.74) is 2.63. The number of halogens is 3. The molecule has 1 nitrogen and oxygen atoms in total. The molecule has 0 aliphatic rings. The smallest absolute Gasteiger partial charge is 0.126 e. The first-order valence-corrected chi connectivity index (χ1v) is 6.70. The van der Waals surface area contributed by atoms with E-state index in [-0.39, 0.29) is 6.04 Å². The van der Waals surface area contributed by atoms with E-state index in [1.807, 2.05) is 25.1 Å². The highest BCUT2D eigenvalue weighted by atomic mass is 79.9. The first-order valence-electron chi connectivity index (χ1n) is 5.90. The maximum absolute atomic E-state index is 13.3. The summed E-state index contributed by atoms with van der Waals surface area (Å²) in [7, 11) is 1.77. The van der Waals surface area contributed by atoms with Crippen molar-refractivity contribution in [1.82, 2.24) is 5.32 Å². The van der Waals surface area contributed by atoms with Crippen molar-refractivity contribution in [2.45, 2.75) is 13.0 Å². The Morgan fingerprint density at radius 3 is 2.16 bits per heavy atom. The minimum atomic E-state index is -0.568. The van der Waals surface area contributed by atoms with E-state index in [0.717, 1.165) is 21.7 Å². The summed E-state index contributed by atoms with van der Waals surface area (Å²) in [5.74, 6) is -1.14. The van der Waals surface area contributed by atoms with Gasteiger partial charge in [-0.25, -0.2) is 8.78 Å². The van der Waals surface area contributed by atoms with Crippen LogP contribution in [-0.4, -0.2) is 7.05 Å². The van der Waals surface area contributed by atoms with Crippen LogP contribution in [0.4, 0.5) is 8.78 Å². The molecule has 0 radical (unpaired) electrons. The largest absolute Gasteiger partial charge is 0.309 e. The van der Waals surface area contributed by atoms with Crippen molar-refractivity contribution in [3.05, 3.63) is 69.2 Å².